The smallest absolute Gasteiger partial charge is 0.321 e. The normalized spacial score (nSPS) is 13.3. The fourth-order valence-electron chi connectivity index (χ4n) is 2.50. The summed E-state index contributed by atoms with van der Waals surface area (Å²) in [6.07, 6.45) is -0.168. The lowest BCUT2D eigenvalue weighted by Gasteiger charge is -2.22. The average Bonchev–Trinajstić information content (AvgIpc) is 2.54. The van der Waals surface area contributed by atoms with Gasteiger partial charge in [-0.05, 0) is 19.1 Å². The molecule has 25 heavy (non-hydrogen) atoms. The summed E-state index contributed by atoms with van der Waals surface area (Å²) in [7, 11) is 0. The van der Waals surface area contributed by atoms with E-state index >= 15 is 0 Å². The van der Waals surface area contributed by atoms with Crippen LogP contribution in [-0.2, 0) is 11.2 Å². The molecule has 0 aliphatic heterocycles. The third-order valence-corrected chi connectivity index (χ3v) is 3.87. The third kappa shape index (κ3) is 4.04. The predicted octanol–water partition coefficient (Wildman–Crippen LogP) is 1.56. The summed E-state index contributed by atoms with van der Waals surface area (Å²) in [4.78, 5) is 11.5. The van der Waals surface area contributed by atoms with E-state index in [2.05, 4.69) is 5.32 Å². The molecule has 134 valence electrons. The second-order valence-corrected chi connectivity index (χ2v) is 5.67. The van der Waals surface area contributed by atoms with Crippen LogP contribution in [0.25, 0.3) is 0 Å². The molecule has 0 radical (unpaired) electrons. The van der Waals surface area contributed by atoms with Gasteiger partial charge in [0, 0.05) is 29.7 Å². The van der Waals surface area contributed by atoms with E-state index < -0.39 is 35.3 Å². The van der Waals surface area contributed by atoms with E-state index in [0.717, 1.165) is 12.1 Å². The van der Waals surface area contributed by atoms with Crippen LogP contribution in [0, 0.1) is 0 Å². The molecule has 0 saturated heterocycles. The summed E-state index contributed by atoms with van der Waals surface area (Å²) < 4.78 is 0. The van der Waals surface area contributed by atoms with Crippen LogP contribution in [0.15, 0.2) is 30.3 Å². The Balaban J connectivity index is 2.21. The molecule has 2 aromatic rings. The molecule has 7 N–H and O–H groups in total. The van der Waals surface area contributed by atoms with Gasteiger partial charge in [-0.25, -0.2) is 0 Å². The Kier molecular flexibility index (Phi) is 5.23. The molecule has 0 bridgehead atoms. The van der Waals surface area contributed by atoms with Gasteiger partial charge in [0.15, 0.2) is 11.5 Å². The van der Waals surface area contributed by atoms with Crippen LogP contribution in [0.2, 0.25) is 0 Å². The molecule has 0 amide bonds. The molecule has 0 fully saturated rings. The molecular formula is C17H19NO7. The molecule has 8 nitrogen and oxygen atoms in total. The Labute approximate surface area is 143 Å². The highest BCUT2D eigenvalue weighted by Crippen LogP contribution is 2.37. The molecule has 2 atom stereocenters. The van der Waals surface area contributed by atoms with E-state index in [1.165, 1.54) is 18.2 Å². The summed E-state index contributed by atoms with van der Waals surface area (Å²) in [6, 6.07) is 4.72. The van der Waals surface area contributed by atoms with Gasteiger partial charge in [-0.3, -0.25) is 10.1 Å². The Hall–Kier alpha value is -3.13. The Morgan fingerprint density at radius 3 is 2.28 bits per heavy atom. The summed E-state index contributed by atoms with van der Waals surface area (Å²) in [5.74, 6) is -3.32. The molecule has 2 rings (SSSR count). The molecule has 0 spiro atoms. The fraction of sp³-hybridized carbons (Fsp3) is 0.235. The molecule has 0 aromatic heterocycles. The van der Waals surface area contributed by atoms with Gasteiger partial charge < -0.3 is 30.6 Å². The van der Waals surface area contributed by atoms with Crippen LogP contribution >= 0.6 is 0 Å². The van der Waals surface area contributed by atoms with Crippen LogP contribution in [0.5, 0.6) is 28.7 Å². The first-order valence-corrected chi connectivity index (χ1v) is 7.44. The second kappa shape index (κ2) is 7.18. The molecule has 8 heteroatoms. The highest BCUT2D eigenvalue weighted by atomic mass is 16.4. The summed E-state index contributed by atoms with van der Waals surface area (Å²) >= 11 is 0. The zero-order chi connectivity index (χ0) is 18.7. The van der Waals surface area contributed by atoms with Crippen LogP contribution in [-0.4, -0.2) is 42.7 Å². The highest BCUT2D eigenvalue weighted by molar-refractivity contribution is 5.74. The average molecular weight is 349 g/mol. The molecule has 2 aromatic carbocycles. The van der Waals surface area contributed by atoms with Crippen molar-refractivity contribution >= 4 is 5.97 Å². The van der Waals surface area contributed by atoms with Crippen molar-refractivity contribution in [1.82, 2.24) is 5.32 Å². The van der Waals surface area contributed by atoms with E-state index in [4.69, 9.17) is 0 Å². The Morgan fingerprint density at radius 1 is 1.00 bits per heavy atom. The van der Waals surface area contributed by atoms with Crippen LogP contribution in [0.4, 0.5) is 0 Å². The van der Waals surface area contributed by atoms with Gasteiger partial charge in [-0.15, -0.1) is 0 Å². The first kappa shape index (κ1) is 18.2. The van der Waals surface area contributed by atoms with Crippen LogP contribution in [0.1, 0.15) is 24.1 Å². The lowest BCUT2D eigenvalue weighted by molar-refractivity contribution is -0.139. The number of nitrogens with one attached hydrogen (secondary N) is 1. The predicted molar refractivity (Wildman–Crippen MR) is 87.9 cm³/mol. The van der Waals surface area contributed by atoms with E-state index in [0.29, 0.717) is 5.56 Å². The molecule has 0 aliphatic rings. The minimum absolute atomic E-state index is 0.118. The summed E-state index contributed by atoms with van der Waals surface area (Å²) in [5, 5.41) is 60.1. The van der Waals surface area contributed by atoms with Gasteiger partial charge in [0.25, 0.3) is 0 Å². The van der Waals surface area contributed by atoms with E-state index in [1.54, 1.807) is 6.92 Å². The molecule has 0 aliphatic carbocycles. The number of hydrogen-bond donors (Lipinski definition) is 7. The number of phenolic OH excluding ortho intramolecular Hbond substituents is 5. The Morgan fingerprint density at radius 2 is 1.68 bits per heavy atom. The number of phenols is 5. The maximum atomic E-state index is 11.5. The van der Waals surface area contributed by atoms with Gasteiger partial charge in [-0.2, -0.15) is 0 Å². The molecule has 2 unspecified atom stereocenters. The Bertz CT molecular complexity index is 791. The first-order valence-electron chi connectivity index (χ1n) is 7.44. The van der Waals surface area contributed by atoms with Gasteiger partial charge in [0.05, 0.1) is 0 Å². The number of carbonyl (C=O) groups is 1. The van der Waals surface area contributed by atoms with Gasteiger partial charge in [0.1, 0.15) is 17.5 Å². The van der Waals surface area contributed by atoms with E-state index in [-0.39, 0.29) is 23.5 Å². The molecule has 0 saturated carbocycles. The molecule has 0 heterocycles. The first-order chi connectivity index (χ1) is 11.7. The zero-order valence-corrected chi connectivity index (χ0v) is 13.3. The maximum Gasteiger partial charge on any atom is 0.321 e. The van der Waals surface area contributed by atoms with Crippen molar-refractivity contribution in [3.05, 3.63) is 41.5 Å². The minimum atomic E-state index is -1.20. The fourth-order valence-corrected chi connectivity index (χ4v) is 2.50. The zero-order valence-electron chi connectivity index (χ0n) is 13.3. The van der Waals surface area contributed by atoms with Crippen LogP contribution < -0.4 is 5.32 Å². The number of aromatic hydroxyl groups is 5. The standard InChI is InChI=1S/C17H19NO7/c1-8(11-4-3-10(19)7-14(11)21)18-12(17(24)25)6-9-2-5-13(20)16(23)15(9)22/h2-5,7-8,12,18-23H,6H2,1H3,(H,24,25). The van der Waals surface area contributed by atoms with Crippen molar-refractivity contribution in [2.75, 3.05) is 0 Å². The quantitative estimate of drug-likeness (QED) is 0.388. The largest absolute Gasteiger partial charge is 0.508 e. The topological polar surface area (TPSA) is 150 Å². The highest BCUT2D eigenvalue weighted by Gasteiger charge is 2.24. The van der Waals surface area contributed by atoms with Crippen molar-refractivity contribution in [2.45, 2.75) is 25.4 Å². The lowest BCUT2D eigenvalue weighted by atomic mass is 10.0. The van der Waals surface area contributed by atoms with Gasteiger partial charge in [0.2, 0.25) is 5.75 Å². The molecular weight excluding hydrogens is 330 g/mol. The van der Waals surface area contributed by atoms with E-state index in [9.17, 15) is 35.4 Å². The SMILES string of the molecule is CC(NC(Cc1ccc(O)c(O)c1O)C(=O)O)c1ccc(O)cc1O. The monoisotopic (exact) mass is 349 g/mol. The van der Waals surface area contributed by atoms with Crippen molar-refractivity contribution in [2.24, 2.45) is 0 Å². The number of rotatable bonds is 6. The number of benzene rings is 2. The number of aliphatic carboxylic acids is 1. The number of carboxylic acid groups (broad SMARTS) is 1. The third-order valence-electron chi connectivity index (χ3n) is 3.87. The van der Waals surface area contributed by atoms with Gasteiger partial charge in [-0.1, -0.05) is 12.1 Å². The lowest BCUT2D eigenvalue weighted by Crippen LogP contribution is -2.40. The second-order valence-electron chi connectivity index (χ2n) is 5.67. The van der Waals surface area contributed by atoms with Crippen LogP contribution in [0.3, 0.4) is 0 Å². The van der Waals surface area contributed by atoms with Crippen molar-refractivity contribution in [1.29, 1.82) is 0 Å². The summed E-state index contributed by atoms with van der Waals surface area (Å²) in [5.41, 5.74) is 0.527. The number of hydrogen-bond acceptors (Lipinski definition) is 7. The summed E-state index contributed by atoms with van der Waals surface area (Å²) in [6.45, 7) is 1.64. The van der Waals surface area contributed by atoms with Crippen molar-refractivity contribution in [3.8, 4) is 28.7 Å². The van der Waals surface area contributed by atoms with Crippen molar-refractivity contribution < 1.29 is 35.4 Å². The maximum absolute atomic E-state index is 11.5. The van der Waals surface area contributed by atoms with E-state index in [1.807, 2.05) is 0 Å². The van der Waals surface area contributed by atoms with Gasteiger partial charge >= 0.3 is 5.97 Å². The number of carboxylic acids is 1. The van der Waals surface area contributed by atoms with Crippen molar-refractivity contribution in [3.63, 3.8) is 0 Å². The minimum Gasteiger partial charge on any atom is -0.508 e.